The number of benzene rings is 2. The molecule has 0 radical (unpaired) electrons. The smallest absolute Gasteiger partial charge is 0.233 e. The van der Waals surface area contributed by atoms with Gasteiger partial charge in [0, 0.05) is 11.1 Å². The molecule has 0 aliphatic rings. The standard InChI is InChI=1S/C20H22ClN5OS/c1-14(8-9-16-6-4-3-5-7-16)22-19(27)15(2)28-20-23-24-25-26(20)18-12-10-17(21)11-13-18/h3-7,10-15H,8-9H2,1-2H3,(H,22,27)/t14-,15-/m0/s1. The van der Waals surface area contributed by atoms with Crippen LogP contribution >= 0.6 is 23.4 Å². The Labute approximate surface area is 173 Å². The van der Waals surface area contributed by atoms with Crippen LogP contribution in [0, 0.1) is 0 Å². The maximum absolute atomic E-state index is 12.6. The number of carbonyl (C=O) groups is 1. The van der Waals surface area contributed by atoms with E-state index in [-0.39, 0.29) is 17.2 Å². The molecule has 0 saturated carbocycles. The average Bonchev–Trinajstić information content (AvgIpc) is 3.16. The topological polar surface area (TPSA) is 72.7 Å². The highest BCUT2D eigenvalue weighted by molar-refractivity contribution is 8.00. The van der Waals surface area contributed by atoms with Crippen LogP contribution in [0.15, 0.2) is 59.8 Å². The Bertz CT molecular complexity index is 900. The number of tetrazole rings is 1. The van der Waals surface area contributed by atoms with Crippen molar-refractivity contribution in [2.24, 2.45) is 0 Å². The molecule has 0 unspecified atom stereocenters. The van der Waals surface area contributed by atoms with Gasteiger partial charge in [-0.2, -0.15) is 4.68 Å². The molecule has 1 N–H and O–H groups in total. The third-order valence-corrected chi connectivity index (χ3v) is 5.55. The zero-order chi connectivity index (χ0) is 19.9. The number of rotatable bonds is 8. The van der Waals surface area contributed by atoms with E-state index in [1.165, 1.54) is 17.3 Å². The summed E-state index contributed by atoms with van der Waals surface area (Å²) in [4.78, 5) is 12.6. The number of nitrogens with one attached hydrogen (secondary N) is 1. The van der Waals surface area contributed by atoms with Crippen molar-refractivity contribution in [3.8, 4) is 5.69 Å². The van der Waals surface area contributed by atoms with Crippen LogP contribution in [0.25, 0.3) is 5.69 Å². The molecule has 0 aliphatic heterocycles. The van der Waals surface area contributed by atoms with E-state index in [1.54, 1.807) is 16.8 Å². The highest BCUT2D eigenvalue weighted by atomic mass is 35.5. The average molecular weight is 416 g/mol. The van der Waals surface area contributed by atoms with Crippen molar-refractivity contribution in [1.29, 1.82) is 0 Å². The Morgan fingerprint density at radius 1 is 1.14 bits per heavy atom. The Morgan fingerprint density at radius 2 is 1.86 bits per heavy atom. The molecule has 146 valence electrons. The molecule has 2 aromatic carbocycles. The van der Waals surface area contributed by atoms with Crippen LogP contribution in [0.3, 0.4) is 0 Å². The molecule has 0 spiro atoms. The Morgan fingerprint density at radius 3 is 2.57 bits per heavy atom. The summed E-state index contributed by atoms with van der Waals surface area (Å²) in [5.41, 5.74) is 2.06. The van der Waals surface area contributed by atoms with E-state index in [0.717, 1.165) is 18.5 Å². The minimum absolute atomic E-state index is 0.0313. The molecule has 0 fully saturated rings. The molecule has 1 amide bonds. The summed E-state index contributed by atoms with van der Waals surface area (Å²) >= 11 is 7.26. The molecule has 1 heterocycles. The molecule has 0 saturated heterocycles. The number of halogens is 1. The number of hydrogen-bond acceptors (Lipinski definition) is 5. The van der Waals surface area contributed by atoms with Crippen LogP contribution in [0.5, 0.6) is 0 Å². The monoisotopic (exact) mass is 415 g/mol. The van der Waals surface area contributed by atoms with E-state index in [4.69, 9.17) is 11.6 Å². The first-order valence-corrected chi connectivity index (χ1v) is 10.3. The van der Waals surface area contributed by atoms with E-state index in [1.807, 2.05) is 44.2 Å². The van der Waals surface area contributed by atoms with Gasteiger partial charge in [0.2, 0.25) is 11.1 Å². The molecule has 6 nitrogen and oxygen atoms in total. The second kappa shape index (κ2) is 9.71. The number of nitrogens with zero attached hydrogens (tertiary/aromatic N) is 4. The lowest BCUT2D eigenvalue weighted by molar-refractivity contribution is -0.120. The van der Waals surface area contributed by atoms with Gasteiger partial charge in [-0.3, -0.25) is 4.79 Å². The van der Waals surface area contributed by atoms with Gasteiger partial charge in [0.05, 0.1) is 10.9 Å². The number of carbonyl (C=O) groups excluding carboxylic acids is 1. The zero-order valence-electron chi connectivity index (χ0n) is 15.7. The van der Waals surface area contributed by atoms with Crippen molar-refractivity contribution >= 4 is 29.3 Å². The summed E-state index contributed by atoms with van der Waals surface area (Å²) in [6.45, 7) is 3.88. The van der Waals surface area contributed by atoms with Gasteiger partial charge in [-0.25, -0.2) is 0 Å². The minimum Gasteiger partial charge on any atom is -0.353 e. The molecular weight excluding hydrogens is 394 g/mol. The maximum atomic E-state index is 12.6. The van der Waals surface area contributed by atoms with Gasteiger partial charge < -0.3 is 5.32 Å². The van der Waals surface area contributed by atoms with E-state index in [2.05, 4.69) is 33.0 Å². The minimum atomic E-state index is -0.323. The third-order valence-electron chi connectivity index (χ3n) is 4.26. The quantitative estimate of drug-likeness (QED) is 0.564. The zero-order valence-corrected chi connectivity index (χ0v) is 17.3. The van der Waals surface area contributed by atoms with E-state index in [0.29, 0.717) is 10.2 Å². The number of aromatic nitrogens is 4. The van der Waals surface area contributed by atoms with Crippen LogP contribution < -0.4 is 5.32 Å². The molecule has 0 aliphatic carbocycles. The van der Waals surface area contributed by atoms with Gasteiger partial charge in [-0.15, -0.1) is 5.10 Å². The number of amides is 1. The van der Waals surface area contributed by atoms with Crippen LogP contribution in [0.1, 0.15) is 25.8 Å². The molecular formula is C20H22ClN5OS. The van der Waals surface area contributed by atoms with Gasteiger partial charge >= 0.3 is 0 Å². The summed E-state index contributed by atoms with van der Waals surface area (Å²) in [6, 6.07) is 17.6. The number of hydrogen-bond donors (Lipinski definition) is 1. The van der Waals surface area contributed by atoms with Crippen molar-refractivity contribution in [3.05, 3.63) is 65.2 Å². The molecule has 0 bridgehead atoms. The summed E-state index contributed by atoms with van der Waals surface area (Å²) in [6.07, 6.45) is 1.81. The van der Waals surface area contributed by atoms with Crippen LogP contribution in [-0.2, 0) is 11.2 Å². The Balaban J connectivity index is 1.54. The normalized spacial score (nSPS) is 13.1. The SMILES string of the molecule is C[C@H](Sc1nnnn1-c1ccc(Cl)cc1)C(=O)N[C@@H](C)CCc1ccccc1. The Hall–Kier alpha value is -2.38. The number of aryl methyl sites for hydroxylation is 1. The first-order valence-electron chi connectivity index (χ1n) is 9.08. The van der Waals surface area contributed by atoms with E-state index >= 15 is 0 Å². The fourth-order valence-electron chi connectivity index (χ4n) is 2.67. The van der Waals surface area contributed by atoms with Gasteiger partial charge in [0.15, 0.2) is 0 Å². The first kappa shape index (κ1) is 20.4. The van der Waals surface area contributed by atoms with E-state index < -0.39 is 0 Å². The van der Waals surface area contributed by atoms with Crippen molar-refractivity contribution < 1.29 is 4.79 Å². The first-order chi connectivity index (χ1) is 13.5. The van der Waals surface area contributed by atoms with E-state index in [9.17, 15) is 4.79 Å². The van der Waals surface area contributed by atoms with Gasteiger partial charge in [0.1, 0.15) is 0 Å². The fraction of sp³-hybridized carbons (Fsp3) is 0.300. The Kier molecular flexibility index (Phi) is 7.06. The third kappa shape index (κ3) is 5.56. The summed E-state index contributed by atoms with van der Waals surface area (Å²) in [5, 5.41) is 15.7. The van der Waals surface area contributed by atoms with Crippen LogP contribution in [-0.4, -0.2) is 37.4 Å². The lowest BCUT2D eigenvalue weighted by Gasteiger charge is -2.17. The second-order valence-electron chi connectivity index (χ2n) is 6.54. The molecule has 2 atom stereocenters. The molecule has 8 heteroatoms. The lowest BCUT2D eigenvalue weighted by Crippen LogP contribution is -2.38. The van der Waals surface area contributed by atoms with Crippen LogP contribution in [0.2, 0.25) is 5.02 Å². The molecule has 3 rings (SSSR count). The van der Waals surface area contributed by atoms with Gasteiger partial charge in [-0.05, 0) is 66.9 Å². The van der Waals surface area contributed by atoms with Crippen molar-refractivity contribution in [2.75, 3.05) is 0 Å². The van der Waals surface area contributed by atoms with Gasteiger partial charge in [-0.1, -0.05) is 53.7 Å². The van der Waals surface area contributed by atoms with Crippen molar-refractivity contribution in [1.82, 2.24) is 25.5 Å². The molecule has 28 heavy (non-hydrogen) atoms. The van der Waals surface area contributed by atoms with Crippen molar-refractivity contribution in [3.63, 3.8) is 0 Å². The fourth-order valence-corrected chi connectivity index (χ4v) is 3.61. The predicted octanol–water partition coefficient (Wildman–Crippen LogP) is 3.93. The molecule has 1 aromatic heterocycles. The summed E-state index contributed by atoms with van der Waals surface area (Å²) in [7, 11) is 0. The van der Waals surface area contributed by atoms with Gasteiger partial charge in [0.25, 0.3) is 0 Å². The van der Waals surface area contributed by atoms with Crippen LogP contribution in [0.4, 0.5) is 0 Å². The van der Waals surface area contributed by atoms with Crippen molar-refractivity contribution in [2.45, 2.75) is 43.1 Å². The second-order valence-corrected chi connectivity index (χ2v) is 8.29. The highest BCUT2D eigenvalue weighted by Crippen LogP contribution is 2.23. The maximum Gasteiger partial charge on any atom is 0.233 e. The molecule has 3 aromatic rings. The highest BCUT2D eigenvalue weighted by Gasteiger charge is 2.20. The summed E-state index contributed by atoms with van der Waals surface area (Å²) in [5.74, 6) is -0.0313. The number of thioether (sulfide) groups is 1. The lowest BCUT2D eigenvalue weighted by atomic mass is 10.1. The predicted molar refractivity (Wildman–Crippen MR) is 112 cm³/mol. The summed E-state index contributed by atoms with van der Waals surface area (Å²) < 4.78 is 1.60. The largest absolute Gasteiger partial charge is 0.353 e.